The minimum Gasteiger partial charge on any atom is -0.369 e. The van der Waals surface area contributed by atoms with Gasteiger partial charge in [0.15, 0.2) is 5.95 Å². The number of nitrogen functional groups attached to an aromatic ring is 1. The number of H-pyrrole nitrogens is 1. The van der Waals surface area contributed by atoms with E-state index in [2.05, 4.69) is 36.0 Å². The standard InChI is InChI=1S/C23H31N3O/c1-22-9-7-14(13-27)11-15(22)3-4-16-17-5-6-19(20-12-25-21(24)26-20)23(17,2)10-8-18(16)22/h3,6,12-14,16-18H,4-5,7-11H2,1-2H3,(H3,24,25,26)/t14?,16-,17-,18-,22-,23-/m0/s1. The molecule has 0 aromatic carbocycles. The zero-order valence-electron chi connectivity index (χ0n) is 16.5. The first kappa shape index (κ1) is 17.3. The lowest BCUT2D eigenvalue weighted by Crippen LogP contribution is -2.49. The fourth-order valence-electron chi connectivity index (χ4n) is 7.26. The third kappa shape index (κ3) is 2.34. The van der Waals surface area contributed by atoms with Crippen LogP contribution >= 0.6 is 0 Å². The molecule has 0 radical (unpaired) electrons. The van der Waals surface area contributed by atoms with Crippen molar-refractivity contribution in [3.63, 3.8) is 0 Å². The number of carbonyl (C=O) groups excluding carboxylic acids is 1. The molecule has 2 saturated carbocycles. The molecule has 0 spiro atoms. The molecule has 2 fully saturated rings. The van der Waals surface area contributed by atoms with Gasteiger partial charge in [-0.3, -0.25) is 0 Å². The summed E-state index contributed by atoms with van der Waals surface area (Å²) < 4.78 is 0. The quantitative estimate of drug-likeness (QED) is 0.586. The van der Waals surface area contributed by atoms with Crippen LogP contribution in [-0.2, 0) is 4.79 Å². The van der Waals surface area contributed by atoms with Crippen molar-refractivity contribution in [3.8, 4) is 0 Å². The first-order chi connectivity index (χ1) is 13.0. The van der Waals surface area contributed by atoms with Gasteiger partial charge < -0.3 is 15.5 Å². The van der Waals surface area contributed by atoms with E-state index in [-0.39, 0.29) is 11.3 Å². The lowest BCUT2D eigenvalue weighted by Gasteiger charge is -2.57. The summed E-state index contributed by atoms with van der Waals surface area (Å²) >= 11 is 0. The van der Waals surface area contributed by atoms with Crippen LogP contribution in [-0.4, -0.2) is 16.3 Å². The van der Waals surface area contributed by atoms with E-state index < -0.39 is 0 Å². The highest BCUT2D eigenvalue weighted by Gasteiger charge is 2.56. The van der Waals surface area contributed by atoms with Crippen LogP contribution in [0.2, 0.25) is 0 Å². The second kappa shape index (κ2) is 5.83. The topological polar surface area (TPSA) is 71.8 Å². The zero-order chi connectivity index (χ0) is 18.8. The average Bonchev–Trinajstić information content (AvgIpc) is 3.23. The molecule has 1 aromatic heterocycles. The van der Waals surface area contributed by atoms with Gasteiger partial charge in [-0.2, -0.15) is 0 Å². The fraction of sp³-hybridized carbons (Fsp3) is 0.652. The number of anilines is 1. The number of nitrogens with one attached hydrogen (secondary N) is 1. The molecule has 4 aliphatic carbocycles. The molecule has 1 heterocycles. The van der Waals surface area contributed by atoms with Gasteiger partial charge in [0.05, 0.1) is 11.9 Å². The molecule has 144 valence electrons. The summed E-state index contributed by atoms with van der Waals surface area (Å²) in [5.41, 5.74) is 10.5. The first-order valence-electron chi connectivity index (χ1n) is 10.6. The van der Waals surface area contributed by atoms with Crippen LogP contribution in [0.1, 0.15) is 64.5 Å². The van der Waals surface area contributed by atoms with Gasteiger partial charge in [-0.25, -0.2) is 4.98 Å². The van der Waals surface area contributed by atoms with Crippen LogP contribution < -0.4 is 5.73 Å². The van der Waals surface area contributed by atoms with Crippen molar-refractivity contribution in [2.75, 3.05) is 5.73 Å². The maximum absolute atomic E-state index is 11.3. The Balaban J connectivity index is 1.46. The number of rotatable bonds is 2. The van der Waals surface area contributed by atoms with E-state index in [1.165, 1.54) is 44.0 Å². The number of nitrogens with zero attached hydrogens (tertiary/aromatic N) is 1. The molecule has 0 bridgehead atoms. The average molecular weight is 366 g/mol. The van der Waals surface area contributed by atoms with E-state index in [4.69, 9.17) is 5.73 Å². The second-order valence-electron chi connectivity index (χ2n) is 9.89. The Morgan fingerprint density at radius 2 is 1.96 bits per heavy atom. The number of nitrogens with two attached hydrogens (primary N) is 1. The molecular weight excluding hydrogens is 334 g/mol. The molecule has 4 nitrogen and oxygen atoms in total. The van der Waals surface area contributed by atoms with E-state index in [0.717, 1.165) is 30.4 Å². The highest BCUT2D eigenvalue weighted by Crippen LogP contribution is 2.66. The van der Waals surface area contributed by atoms with Crippen molar-refractivity contribution in [1.82, 2.24) is 9.97 Å². The van der Waals surface area contributed by atoms with Crippen molar-refractivity contribution >= 4 is 17.8 Å². The number of hydrogen-bond acceptors (Lipinski definition) is 3. The molecular formula is C23H31N3O. The minimum atomic E-state index is 0.224. The van der Waals surface area contributed by atoms with Gasteiger partial charge in [0.25, 0.3) is 0 Å². The molecule has 0 saturated heterocycles. The predicted molar refractivity (Wildman–Crippen MR) is 108 cm³/mol. The highest BCUT2D eigenvalue weighted by atomic mass is 16.1. The summed E-state index contributed by atoms with van der Waals surface area (Å²) in [6.07, 6.45) is 16.2. The van der Waals surface area contributed by atoms with Gasteiger partial charge in [0.2, 0.25) is 0 Å². The Morgan fingerprint density at radius 3 is 2.70 bits per heavy atom. The van der Waals surface area contributed by atoms with Gasteiger partial charge in [-0.15, -0.1) is 0 Å². The van der Waals surface area contributed by atoms with Crippen LogP contribution in [0.4, 0.5) is 5.95 Å². The molecule has 0 aliphatic heterocycles. The number of fused-ring (bicyclic) bond motifs is 5. The Morgan fingerprint density at radius 1 is 1.15 bits per heavy atom. The maximum Gasteiger partial charge on any atom is 0.197 e. The van der Waals surface area contributed by atoms with Crippen molar-refractivity contribution < 1.29 is 4.79 Å². The van der Waals surface area contributed by atoms with Crippen molar-refractivity contribution in [2.24, 2.45) is 34.5 Å². The van der Waals surface area contributed by atoms with E-state index in [0.29, 0.717) is 17.3 Å². The van der Waals surface area contributed by atoms with Gasteiger partial charge in [0, 0.05) is 5.92 Å². The number of imidazole rings is 1. The molecule has 4 aliphatic rings. The lowest BCUT2D eigenvalue weighted by molar-refractivity contribution is -0.112. The molecule has 3 N–H and O–H groups in total. The van der Waals surface area contributed by atoms with Crippen LogP contribution in [0.3, 0.4) is 0 Å². The lowest BCUT2D eigenvalue weighted by atomic mass is 9.47. The van der Waals surface area contributed by atoms with E-state index in [1.54, 1.807) is 5.57 Å². The molecule has 1 aromatic rings. The Kier molecular flexibility index (Phi) is 3.73. The Bertz CT molecular complexity index is 836. The van der Waals surface area contributed by atoms with Gasteiger partial charge >= 0.3 is 0 Å². The van der Waals surface area contributed by atoms with Crippen molar-refractivity contribution in [3.05, 3.63) is 29.6 Å². The summed E-state index contributed by atoms with van der Waals surface area (Å²) in [6.45, 7) is 4.97. The largest absolute Gasteiger partial charge is 0.369 e. The third-order valence-corrected chi connectivity index (χ3v) is 8.80. The zero-order valence-corrected chi connectivity index (χ0v) is 16.5. The monoisotopic (exact) mass is 365 g/mol. The summed E-state index contributed by atoms with van der Waals surface area (Å²) in [7, 11) is 0. The minimum absolute atomic E-state index is 0.224. The van der Waals surface area contributed by atoms with Crippen LogP contribution in [0.25, 0.3) is 5.57 Å². The highest BCUT2D eigenvalue weighted by molar-refractivity contribution is 5.71. The second-order valence-corrected chi connectivity index (χ2v) is 9.89. The molecule has 1 unspecified atom stereocenters. The van der Waals surface area contributed by atoms with Gasteiger partial charge in [0.1, 0.15) is 6.29 Å². The smallest absolute Gasteiger partial charge is 0.197 e. The normalized spacial score (nSPS) is 43.2. The van der Waals surface area contributed by atoms with Crippen LogP contribution in [0.5, 0.6) is 0 Å². The molecule has 5 rings (SSSR count). The number of allylic oxidation sites excluding steroid dienone is 4. The van der Waals surface area contributed by atoms with Gasteiger partial charge in [-0.05, 0) is 79.1 Å². The molecule has 0 amide bonds. The number of aromatic amines is 1. The van der Waals surface area contributed by atoms with Crippen LogP contribution in [0.15, 0.2) is 23.9 Å². The third-order valence-electron chi connectivity index (χ3n) is 8.80. The van der Waals surface area contributed by atoms with Gasteiger partial charge in [-0.1, -0.05) is 31.6 Å². The maximum atomic E-state index is 11.3. The van der Waals surface area contributed by atoms with E-state index in [1.807, 2.05) is 6.20 Å². The Hall–Kier alpha value is -1.84. The summed E-state index contributed by atoms with van der Waals surface area (Å²) in [4.78, 5) is 18.8. The number of aromatic nitrogens is 2. The number of carbonyl (C=O) groups is 1. The van der Waals surface area contributed by atoms with Crippen molar-refractivity contribution in [2.45, 2.75) is 58.8 Å². The molecule has 6 atom stereocenters. The number of hydrogen-bond donors (Lipinski definition) is 2. The Labute approximate surface area is 161 Å². The first-order valence-corrected chi connectivity index (χ1v) is 10.6. The SMILES string of the molecule is C[C@]12CCC(C=O)CC1=CC[C@@H]1[C@@H]2CC[C@]2(C)C(c3cnc(N)[nH]3)=CC[C@@H]12. The summed E-state index contributed by atoms with van der Waals surface area (Å²) in [5, 5.41) is 0. The van der Waals surface area contributed by atoms with Crippen molar-refractivity contribution in [1.29, 1.82) is 0 Å². The van der Waals surface area contributed by atoms with E-state index in [9.17, 15) is 4.79 Å². The summed E-state index contributed by atoms with van der Waals surface area (Å²) in [5.74, 6) is 2.98. The fourth-order valence-corrected chi connectivity index (χ4v) is 7.26. The predicted octanol–water partition coefficient (Wildman–Crippen LogP) is 4.76. The summed E-state index contributed by atoms with van der Waals surface area (Å²) in [6, 6.07) is 0. The molecule has 4 heteroatoms. The molecule has 27 heavy (non-hydrogen) atoms. The number of aldehydes is 1. The van der Waals surface area contributed by atoms with E-state index >= 15 is 0 Å². The van der Waals surface area contributed by atoms with Crippen LogP contribution in [0, 0.1) is 34.5 Å².